The molecule has 0 fully saturated rings. The Morgan fingerprint density at radius 1 is 1.59 bits per heavy atom. The zero-order valence-corrected chi connectivity index (χ0v) is 9.27. The number of ether oxygens (including phenoxy) is 1. The molecule has 0 bridgehead atoms. The maximum Gasteiger partial charge on any atom is 0.411 e. The standard InChI is InChI=1S/C8H9F3N2O3S/c9-8(10,11)4-16-2-1-12-7-13-5(3-17-7)6(14)15/h3H,1-2,4H2,(H,12,13)(H,14,15). The molecule has 0 unspecified atom stereocenters. The van der Waals surface area contributed by atoms with Crippen molar-refractivity contribution in [1.29, 1.82) is 0 Å². The number of alkyl halides is 3. The molecule has 17 heavy (non-hydrogen) atoms. The summed E-state index contributed by atoms with van der Waals surface area (Å²) in [4.78, 5) is 14.2. The fourth-order valence-electron chi connectivity index (χ4n) is 0.871. The number of nitrogens with one attached hydrogen (secondary N) is 1. The van der Waals surface area contributed by atoms with Crippen LogP contribution < -0.4 is 5.32 Å². The number of hydrogen-bond acceptors (Lipinski definition) is 5. The zero-order chi connectivity index (χ0) is 12.9. The maximum atomic E-state index is 11.7. The van der Waals surface area contributed by atoms with Crippen molar-refractivity contribution < 1.29 is 27.8 Å². The van der Waals surface area contributed by atoms with Crippen LogP contribution in [0.1, 0.15) is 10.5 Å². The lowest BCUT2D eigenvalue weighted by molar-refractivity contribution is -0.172. The molecular formula is C8H9F3N2O3S. The molecule has 0 saturated carbocycles. The third kappa shape index (κ3) is 5.50. The fourth-order valence-corrected chi connectivity index (χ4v) is 1.58. The van der Waals surface area contributed by atoms with E-state index in [0.29, 0.717) is 5.13 Å². The summed E-state index contributed by atoms with van der Waals surface area (Å²) in [5.74, 6) is -1.15. The van der Waals surface area contributed by atoms with Crippen molar-refractivity contribution in [3.8, 4) is 0 Å². The lowest BCUT2D eigenvalue weighted by Crippen LogP contribution is -2.20. The summed E-state index contributed by atoms with van der Waals surface area (Å²) in [5, 5.41) is 12.9. The molecule has 96 valence electrons. The smallest absolute Gasteiger partial charge is 0.411 e. The molecule has 0 amide bonds. The van der Waals surface area contributed by atoms with E-state index >= 15 is 0 Å². The van der Waals surface area contributed by atoms with Gasteiger partial charge in [0.1, 0.15) is 6.61 Å². The highest BCUT2D eigenvalue weighted by atomic mass is 32.1. The molecule has 0 spiro atoms. The molecule has 0 aliphatic rings. The molecule has 0 atom stereocenters. The van der Waals surface area contributed by atoms with Crippen molar-refractivity contribution in [2.45, 2.75) is 6.18 Å². The third-order valence-corrected chi connectivity index (χ3v) is 2.31. The van der Waals surface area contributed by atoms with Gasteiger partial charge in [-0.25, -0.2) is 9.78 Å². The highest BCUT2D eigenvalue weighted by molar-refractivity contribution is 7.13. The lowest BCUT2D eigenvalue weighted by Gasteiger charge is -2.07. The predicted octanol–water partition coefficient (Wildman–Crippen LogP) is 1.83. The van der Waals surface area contributed by atoms with E-state index < -0.39 is 18.8 Å². The average molecular weight is 270 g/mol. The number of thiazole rings is 1. The van der Waals surface area contributed by atoms with Crippen LogP contribution in [0.4, 0.5) is 18.3 Å². The molecule has 2 N–H and O–H groups in total. The molecule has 0 aliphatic carbocycles. The van der Waals surface area contributed by atoms with E-state index in [9.17, 15) is 18.0 Å². The minimum absolute atomic E-state index is 0.103. The van der Waals surface area contributed by atoms with Gasteiger partial charge in [0.15, 0.2) is 10.8 Å². The van der Waals surface area contributed by atoms with Crippen LogP contribution in [0.25, 0.3) is 0 Å². The number of carboxylic acids is 1. The molecule has 0 aromatic carbocycles. The van der Waals surface area contributed by atoms with Crippen LogP contribution in [0.2, 0.25) is 0 Å². The number of aromatic carboxylic acids is 1. The van der Waals surface area contributed by atoms with Crippen molar-refractivity contribution in [1.82, 2.24) is 4.98 Å². The molecule has 5 nitrogen and oxygen atoms in total. The molecule has 0 radical (unpaired) electrons. The summed E-state index contributed by atoms with van der Waals surface area (Å²) < 4.78 is 39.4. The van der Waals surface area contributed by atoms with Crippen LogP contribution in [0.3, 0.4) is 0 Å². The quantitative estimate of drug-likeness (QED) is 0.772. The van der Waals surface area contributed by atoms with Crippen LogP contribution in [-0.2, 0) is 4.74 Å². The molecule has 1 aromatic rings. The monoisotopic (exact) mass is 270 g/mol. The normalized spacial score (nSPS) is 11.5. The maximum absolute atomic E-state index is 11.7. The van der Waals surface area contributed by atoms with Gasteiger partial charge in [0, 0.05) is 11.9 Å². The Labute approximate surface area is 98.2 Å². The zero-order valence-electron chi connectivity index (χ0n) is 8.45. The van der Waals surface area contributed by atoms with E-state index in [1.54, 1.807) is 0 Å². The summed E-state index contributed by atoms with van der Waals surface area (Å²) in [6, 6.07) is 0. The minimum Gasteiger partial charge on any atom is -0.476 e. The van der Waals surface area contributed by atoms with E-state index in [0.717, 1.165) is 11.3 Å². The van der Waals surface area contributed by atoms with Gasteiger partial charge in [0.25, 0.3) is 0 Å². The molecule has 1 aromatic heterocycles. The fraction of sp³-hybridized carbons (Fsp3) is 0.500. The van der Waals surface area contributed by atoms with Gasteiger partial charge in [-0.2, -0.15) is 13.2 Å². The number of anilines is 1. The van der Waals surface area contributed by atoms with Crippen molar-refractivity contribution >= 4 is 22.4 Å². The van der Waals surface area contributed by atoms with Gasteiger partial charge >= 0.3 is 12.1 Å². The number of nitrogens with zero attached hydrogens (tertiary/aromatic N) is 1. The Balaban J connectivity index is 2.20. The molecule has 9 heteroatoms. The second-order valence-corrected chi connectivity index (χ2v) is 3.80. The summed E-state index contributed by atoms with van der Waals surface area (Å²) >= 11 is 1.06. The number of halogens is 3. The molecular weight excluding hydrogens is 261 g/mol. The Bertz CT molecular complexity index is 380. The Kier molecular flexibility index (Phi) is 4.70. The lowest BCUT2D eigenvalue weighted by atomic mass is 10.5. The highest BCUT2D eigenvalue weighted by Crippen LogP contribution is 2.16. The highest BCUT2D eigenvalue weighted by Gasteiger charge is 2.27. The Morgan fingerprint density at radius 3 is 2.82 bits per heavy atom. The number of rotatable bonds is 6. The van der Waals surface area contributed by atoms with Crippen molar-refractivity contribution in [3.05, 3.63) is 11.1 Å². The summed E-state index contributed by atoms with van der Waals surface area (Å²) in [6.07, 6.45) is -4.34. The Hall–Kier alpha value is -1.35. The SMILES string of the molecule is O=C(O)c1csc(NCCOCC(F)(F)F)n1. The van der Waals surface area contributed by atoms with E-state index in [-0.39, 0.29) is 18.8 Å². The first kappa shape index (κ1) is 13.7. The van der Waals surface area contributed by atoms with Crippen LogP contribution in [-0.4, -0.2) is 42.0 Å². The number of carboxylic acid groups (broad SMARTS) is 1. The van der Waals surface area contributed by atoms with Gasteiger partial charge in [-0.3, -0.25) is 0 Å². The van der Waals surface area contributed by atoms with Crippen molar-refractivity contribution in [2.75, 3.05) is 25.1 Å². The first-order valence-electron chi connectivity index (χ1n) is 4.45. The second kappa shape index (κ2) is 5.82. The number of hydrogen-bond donors (Lipinski definition) is 2. The largest absolute Gasteiger partial charge is 0.476 e. The molecule has 0 saturated heterocycles. The third-order valence-electron chi connectivity index (χ3n) is 1.51. The number of aromatic nitrogens is 1. The first-order valence-corrected chi connectivity index (χ1v) is 5.33. The minimum atomic E-state index is -4.34. The van der Waals surface area contributed by atoms with Gasteiger partial charge in [-0.1, -0.05) is 0 Å². The summed E-state index contributed by atoms with van der Waals surface area (Å²) in [6.45, 7) is -1.31. The molecule has 0 aliphatic heterocycles. The first-order chi connectivity index (χ1) is 7.88. The van der Waals surface area contributed by atoms with Crippen molar-refractivity contribution in [3.63, 3.8) is 0 Å². The van der Waals surface area contributed by atoms with Gasteiger partial charge in [0.2, 0.25) is 0 Å². The van der Waals surface area contributed by atoms with Crippen LogP contribution in [0.15, 0.2) is 5.38 Å². The van der Waals surface area contributed by atoms with Gasteiger partial charge in [-0.15, -0.1) is 11.3 Å². The predicted molar refractivity (Wildman–Crippen MR) is 54.4 cm³/mol. The summed E-state index contributed by atoms with van der Waals surface area (Å²) in [5.41, 5.74) is -0.103. The number of carbonyl (C=O) groups is 1. The van der Waals surface area contributed by atoms with Gasteiger partial charge in [-0.05, 0) is 0 Å². The van der Waals surface area contributed by atoms with Crippen LogP contribution in [0.5, 0.6) is 0 Å². The van der Waals surface area contributed by atoms with Gasteiger partial charge < -0.3 is 15.2 Å². The van der Waals surface area contributed by atoms with E-state index in [2.05, 4.69) is 15.0 Å². The average Bonchev–Trinajstić information content (AvgIpc) is 2.64. The molecule has 1 heterocycles. The molecule has 1 rings (SSSR count). The van der Waals surface area contributed by atoms with Crippen LogP contribution >= 0.6 is 11.3 Å². The van der Waals surface area contributed by atoms with Crippen molar-refractivity contribution in [2.24, 2.45) is 0 Å². The van der Waals surface area contributed by atoms with E-state index in [4.69, 9.17) is 5.11 Å². The topological polar surface area (TPSA) is 71.5 Å². The van der Waals surface area contributed by atoms with Gasteiger partial charge in [0.05, 0.1) is 6.61 Å². The van der Waals surface area contributed by atoms with E-state index in [1.807, 2.05) is 0 Å². The van der Waals surface area contributed by atoms with Crippen LogP contribution in [0, 0.1) is 0 Å². The Morgan fingerprint density at radius 2 is 2.29 bits per heavy atom. The van der Waals surface area contributed by atoms with E-state index in [1.165, 1.54) is 5.38 Å². The second-order valence-electron chi connectivity index (χ2n) is 2.94. The summed E-state index contributed by atoms with van der Waals surface area (Å²) in [7, 11) is 0.